The van der Waals surface area contributed by atoms with E-state index in [1.165, 1.54) is 57.8 Å². The van der Waals surface area contributed by atoms with Gasteiger partial charge in [0.25, 0.3) is 0 Å². The topological polar surface area (TPSA) is 20.2 Å². The normalized spacial score (nSPS) is 56.0. The van der Waals surface area contributed by atoms with E-state index in [1.54, 1.807) is 5.57 Å². The summed E-state index contributed by atoms with van der Waals surface area (Å²) in [5, 5.41) is 10.1. The van der Waals surface area contributed by atoms with Gasteiger partial charge in [-0.3, -0.25) is 0 Å². The summed E-state index contributed by atoms with van der Waals surface area (Å²) in [7, 11) is 0. The Morgan fingerprint density at radius 3 is 2.67 bits per heavy atom. The minimum absolute atomic E-state index is 0.182. The standard InChI is InChI=1S/C20H32O/c1-14-11-20-10-7-16-18(2,13-21)8-4-9-19(16,3)17(20)6-5-15(14)12-20/h15-17,21H,1,4-13H2,2-3H3/t15?,16?,17?,18-,19+,20?/m0/s1. The van der Waals surface area contributed by atoms with Crippen molar-refractivity contribution in [1.29, 1.82) is 0 Å². The fourth-order valence-electron chi connectivity index (χ4n) is 7.68. The summed E-state index contributed by atoms with van der Waals surface area (Å²) >= 11 is 0. The largest absolute Gasteiger partial charge is 0.396 e. The molecule has 4 rings (SSSR count). The van der Waals surface area contributed by atoms with Gasteiger partial charge in [0.05, 0.1) is 0 Å². The molecule has 21 heavy (non-hydrogen) atoms. The molecule has 0 aromatic heterocycles. The second-order valence-corrected chi connectivity index (χ2v) is 9.49. The van der Waals surface area contributed by atoms with Gasteiger partial charge in [0.2, 0.25) is 0 Å². The summed E-state index contributed by atoms with van der Waals surface area (Å²) in [5.41, 5.74) is 2.82. The summed E-state index contributed by atoms with van der Waals surface area (Å²) in [6.07, 6.45) is 12.3. The van der Waals surface area contributed by atoms with Crippen molar-refractivity contribution in [2.24, 2.45) is 34.0 Å². The van der Waals surface area contributed by atoms with Crippen LogP contribution >= 0.6 is 0 Å². The van der Waals surface area contributed by atoms with Crippen molar-refractivity contribution in [3.8, 4) is 0 Å². The highest BCUT2D eigenvalue weighted by Gasteiger charge is 2.63. The predicted octanol–water partition coefficient (Wildman–Crippen LogP) is 4.95. The maximum atomic E-state index is 10.1. The molecule has 0 saturated heterocycles. The van der Waals surface area contributed by atoms with Crippen LogP contribution in [0.2, 0.25) is 0 Å². The molecule has 4 aliphatic carbocycles. The molecule has 1 heteroatoms. The van der Waals surface area contributed by atoms with Crippen molar-refractivity contribution < 1.29 is 5.11 Å². The van der Waals surface area contributed by atoms with Gasteiger partial charge in [-0.25, -0.2) is 0 Å². The highest BCUT2D eigenvalue weighted by atomic mass is 16.3. The molecular weight excluding hydrogens is 256 g/mol. The monoisotopic (exact) mass is 288 g/mol. The van der Waals surface area contributed by atoms with Crippen LogP contribution in [0.3, 0.4) is 0 Å². The van der Waals surface area contributed by atoms with Gasteiger partial charge in [0, 0.05) is 6.61 Å². The molecule has 0 heterocycles. The molecule has 2 bridgehead atoms. The smallest absolute Gasteiger partial charge is 0.0487 e. The molecule has 1 nitrogen and oxygen atoms in total. The van der Waals surface area contributed by atoms with Crippen molar-refractivity contribution in [2.75, 3.05) is 6.61 Å². The van der Waals surface area contributed by atoms with Crippen LogP contribution in [0.4, 0.5) is 0 Å². The molecule has 1 N–H and O–H groups in total. The van der Waals surface area contributed by atoms with Crippen molar-refractivity contribution in [2.45, 2.75) is 71.6 Å². The molecule has 1 spiro atoms. The Labute approximate surface area is 130 Å². The zero-order valence-electron chi connectivity index (χ0n) is 14.0. The SMILES string of the molecule is C=C1CC23CCC4[C@](C)(CO)CCC[C@@]4(C)C2CCC1C3. The Hall–Kier alpha value is -0.300. The molecule has 0 aliphatic heterocycles. The fourth-order valence-corrected chi connectivity index (χ4v) is 7.68. The molecule has 0 aromatic rings. The molecule has 4 unspecified atom stereocenters. The average molecular weight is 288 g/mol. The van der Waals surface area contributed by atoms with Gasteiger partial charge < -0.3 is 5.11 Å². The van der Waals surface area contributed by atoms with E-state index in [0.29, 0.717) is 17.4 Å². The predicted molar refractivity (Wildman–Crippen MR) is 86.9 cm³/mol. The molecule has 118 valence electrons. The van der Waals surface area contributed by atoms with E-state index in [0.717, 1.165) is 17.8 Å². The Morgan fingerprint density at radius 2 is 1.90 bits per heavy atom. The third-order valence-electron chi connectivity index (χ3n) is 8.54. The number of fused-ring (bicyclic) bond motifs is 3. The van der Waals surface area contributed by atoms with Crippen molar-refractivity contribution in [3.63, 3.8) is 0 Å². The average Bonchev–Trinajstić information content (AvgIpc) is 2.68. The van der Waals surface area contributed by atoms with E-state index in [4.69, 9.17) is 0 Å². The lowest BCUT2D eigenvalue weighted by Crippen LogP contribution is -2.57. The lowest BCUT2D eigenvalue weighted by Gasteiger charge is -2.64. The summed E-state index contributed by atoms with van der Waals surface area (Å²) in [6, 6.07) is 0. The molecule has 0 radical (unpaired) electrons. The van der Waals surface area contributed by atoms with Crippen molar-refractivity contribution in [3.05, 3.63) is 12.2 Å². The van der Waals surface area contributed by atoms with Crippen LogP contribution in [0, 0.1) is 34.0 Å². The zero-order valence-corrected chi connectivity index (χ0v) is 14.0. The highest BCUT2D eigenvalue weighted by molar-refractivity contribution is 5.22. The van der Waals surface area contributed by atoms with Gasteiger partial charge in [-0.05, 0) is 85.4 Å². The zero-order chi connectivity index (χ0) is 14.9. The van der Waals surface area contributed by atoms with E-state index < -0.39 is 0 Å². The number of hydrogen-bond donors (Lipinski definition) is 1. The van der Waals surface area contributed by atoms with Crippen LogP contribution in [0.1, 0.15) is 71.6 Å². The number of aliphatic hydroxyl groups is 1. The van der Waals surface area contributed by atoms with E-state index >= 15 is 0 Å². The Balaban J connectivity index is 1.73. The quantitative estimate of drug-likeness (QED) is 0.677. The second-order valence-electron chi connectivity index (χ2n) is 9.49. The maximum absolute atomic E-state index is 10.1. The first-order valence-electron chi connectivity index (χ1n) is 9.22. The van der Waals surface area contributed by atoms with E-state index in [2.05, 4.69) is 20.4 Å². The molecule has 0 aromatic carbocycles. The van der Waals surface area contributed by atoms with Crippen LogP contribution in [0.15, 0.2) is 12.2 Å². The minimum Gasteiger partial charge on any atom is -0.396 e. The molecule has 6 atom stereocenters. The number of hydrogen-bond acceptors (Lipinski definition) is 1. The van der Waals surface area contributed by atoms with Crippen LogP contribution in [0.5, 0.6) is 0 Å². The lowest BCUT2D eigenvalue weighted by atomic mass is 9.41. The van der Waals surface area contributed by atoms with Crippen molar-refractivity contribution in [1.82, 2.24) is 0 Å². The first kappa shape index (κ1) is 14.3. The van der Waals surface area contributed by atoms with E-state index in [1.807, 2.05) is 0 Å². The molecule has 0 amide bonds. The van der Waals surface area contributed by atoms with Crippen LogP contribution < -0.4 is 0 Å². The summed E-state index contributed by atoms with van der Waals surface area (Å²) < 4.78 is 0. The third kappa shape index (κ3) is 1.73. The van der Waals surface area contributed by atoms with E-state index in [-0.39, 0.29) is 5.41 Å². The fraction of sp³-hybridized carbons (Fsp3) is 0.900. The first-order chi connectivity index (χ1) is 9.94. The molecule has 4 fully saturated rings. The Kier molecular flexibility index (Phi) is 2.98. The minimum atomic E-state index is 0.182. The van der Waals surface area contributed by atoms with E-state index in [9.17, 15) is 5.11 Å². The summed E-state index contributed by atoms with van der Waals surface area (Å²) in [6.45, 7) is 9.77. The second kappa shape index (κ2) is 4.37. The first-order valence-corrected chi connectivity index (χ1v) is 9.22. The van der Waals surface area contributed by atoms with Crippen LogP contribution in [0.25, 0.3) is 0 Å². The van der Waals surface area contributed by atoms with Crippen LogP contribution in [-0.2, 0) is 0 Å². The van der Waals surface area contributed by atoms with Crippen molar-refractivity contribution >= 4 is 0 Å². The Bertz CT molecular complexity index is 468. The van der Waals surface area contributed by atoms with Gasteiger partial charge in [-0.2, -0.15) is 0 Å². The van der Waals surface area contributed by atoms with Gasteiger partial charge in [-0.1, -0.05) is 32.4 Å². The number of rotatable bonds is 1. The van der Waals surface area contributed by atoms with Gasteiger partial charge in [0.15, 0.2) is 0 Å². The number of allylic oxidation sites excluding steroid dienone is 1. The summed E-state index contributed by atoms with van der Waals surface area (Å²) in [5.74, 6) is 2.48. The molecule has 4 saturated carbocycles. The lowest BCUT2D eigenvalue weighted by molar-refractivity contribution is -0.158. The maximum Gasteiger partial charge on any atom is 0.0487 e. The van der Waals surface area contributed by atoms with Gasteiger partial charge in [-0.15, -0.1) is 0 Å². The van der Waals surface area contributed by atoms with Crippen LogP contribution in [-0.4, -0.2) is 11.7 Å². The molecule has 4 aliphatic rings. The Morgan fingerprint density at radius 1 is 1.10 bits per heavy atom. The third-order valence-corrected chi connectivity index (χ3v) is 8.54. The summed E-state index contributed by atoms with van der Waals surface area (Å²) in [4.78, 5) is 0. The molecular formula is C20H32O. The van der Waals surface area contributed by atoms with Gasteiger partial charge in [0.1, 0.15) is 0 Å². The number of aliphatic hydroxyl groups excluding tert-OH is 1. The highest BCUT2D eigenvalue weighted by Crippen LogP contribution is 2.72. The van der Waals surface area contributed by atoms with Gasteiger partial charge >= 0.3 is 0 Å².